The van der Waals surface area contributed by atoms with E-state index in [1.807, 2.05) is 6.92 Å². The van der Waals surface area contributed by atoms with Crippen LogP contribution in [0.1, 0.15) is 27.8 Å². The zero-order valence-electron chi connectivity index (χ0n) is 11.1. The molecule has 0 aliphatic carbocycles. The van der Waals surface area contributed by atoms with Gasteiger partial charge in [0, 0.05) is 17.2 Å². The van der Waals surface area contributed by atoms with Gasteiger partial charge in [0.1, 0.15) is 11.5 Å². The molecule has 21 heavy (non-hydrogen) atoms. The quantitative estimate of drug-likeness (QED) is 0.884. The number of rotatable bonds is 4. The highest BCUT2D eigenvalue weighted by molar-refractivity contribution is 9.10. The lowest BCUT2D eigenvalue weighted by Gasteiger charge is -2.09. The Balaban J connectivity index is 2.25. The van der Waals surface area contributed by atoms with Crippen LogP contribution in [0.5, 0.6) is 0 Å². The number of nitrogens with zero attached hydrogens (tertiary/aromatic N) is 1. The molecule has 0 unspecified atom stereocenters. The summed E-state index contributed by atoms with van der Waals surface area (Å²) in [5, 5.41) is 11.2. The van der Waals surface area contributed by atoms with E-state index < -0.39 is 17.7 Å². The molecular weight excluding hydrogens is 343 g/mol. The number of carbonyl (C=O) groups is 2. The number of aromatic nitrogens is 1. The minimum absolute atomic E-state index is 0.0648. The van der Waals surface area contributed by atoms with Crippen LogP contribution < -0.4 is 5.32 Å². The van der Waals surface area contributed by atoms with Gasteiger partial charge in [0.2, 0.25) is 0 Å². The van der Waals surface area contributed by atoms with Crippen LogP contribution in [0.25, 0.3) is 0 Å². The third-order valence-electron chi connectivity index (χ3n) is 2.90. The maximum absolute atomic E-state index is 13.8. The van der Waals surface area contributed by atoms with Crippen LogP contribution in [-0.4, -0.2) is 21.6 Å². The number of hydrogen-bond acceptors (Lipinski definition) is 2. The van der Waals surface area contributed by atoms with Crippen molar-refractivity contribution in [3.8, 4) is 0 Å². The SMILES string of the molecule is CCn1cc(Br)cc1C(=O)Nc1ccc(C(=O)O)cc1F. The second-order valence-corrected chi connectivity index (χ2v) is 5.20. The normalized spacial score (nSPS) is 10.4. The highest BCUT2D eigenvalue weighted by Gasteiger charge is 2.15. The average Bonchev–Trinajstić information content (AvgIpc) is 2.82. The molecule has 0 aliphatic rings. The first-order valence-corrected chi connectivity index (χ1v) is 6.91. The number of nitrogens with one attached hydrogen (secondary N) is 1. The fourth-order valence-corrected chi connectivity index (χ4v) is 2.33. The summed E-state index contributed by atoms with van der Waals surface area (Å²) in [7, 11) is 0. The molecule has 1 aromatic carbocycles. The Morgan fingerprint density at radius 1 is 1.38 bits per heavy atom. The van der Waals surface area contributed by atoms with Crippen molar-refractivity contribution in [1.82, 2.24) is 4.57 Å². The number of aromatic carboxylic acids is 1. The third-order valence-corrected chi connectivity index (χ3v) is 3.33. The van der Waals surface area contributed by atoms with Gasteiger partial charge in [0.05, 0.1) is 11.3 Å². The van der Waals surface area contributed by atoms with Crippen LogP contribution in [0.4, 0.5) is 10.1 Å². The Morgan fingerprint density at radius 2 is 2.10 bits per heavy atom. The number of carbonyl (C=O) groups excluding carboxylic acids is 1. The van der Waals surface area contributed by atoms with E-state index in [-0.39, 0.29) is 11.3 Å². The lowest BCUT2D eigenvalue weighted by atomic mass is 10.2. The highest BCUT2D eigenvalue weighted by Crippen LogP contribution is 2.19. The highest BCUT2D eigenvalue weighted by atomic mass is 79.9. The molecule has 0 aliphatic heterocycles. The molecule has 1 heterocycles. The summed E-state index contributed by atoms with van der Waals surface area (Å²) in [6, 6.07) is 4.95. The standard InChI is InChI=1S/C14H12BrFN2O3/c1-2-18-7-9(15)6-12(18)13(19)17-11-4-3-8(14(20)21)5-10(11)16/h3-7H,2H2,1H3,(H,17,19)(H,20,21). The summed E-state index contributed by atoms with van der Waals surface area (Å²) >= 11 is 3.28. The van der Waals surface area contributed by atoms with Crippen LogP contribution >= 0.6 is 15.9 Å². The second-order valence-electron chi connectivity index (χ2n) is 4.28. The van der Waals surface area contributed by atoms with Gasteiger partial charge < -0.3 is 15.0 Å². The Kier molecular flexibility index (Phi) is 4.42. The van der Waals surface area contributed by atoms with Crippen LogP contribution in [0.2, 0.25) is 0 Å². The maximum Gasteiger partial charge on any atom is 0.335 e. The molecule has 2 N–H and O–H groups in total. The van der Waals surface area contributed by atoms with Gasteiger partial charge in [-0.1, -0.05) is 0 Å². The summed E-state index contributed by atoms with van der Waals surface area (Å²) in [5.41, 5.74) is 0.140. The maximum atomic E-state index is 13.8. The van der Waals surface area contributed by atoms with Crippen molar-refractivity contribution in [3.05, 3.63) is 52.0 Å². The zero-order valence-corrected chi connectivity index (χ0v) is 12.6. The Morgan fingerprint density at radius 3 is 2.67 bits per heavy atom. The topological polar surface area (TPSA) is 71.3 Å². The van der Waals surface area contributed by atoms with Crippen LogP contribution in [0, 0.1) is 5.82 Å². The molecule has 0 atom stereocenters. The lowest BCUT2D eigenvalue weighted by molar-refractivity contribution is 0.0696. The van der Waals surface area contributed by atoms with Crippen molar-refractivity contribution < 1.29 is 19.1 Å². The fourth-order valence-electron chi connectivity index (χ4n) is 1.86. The van der Waals surface area contributed by atoms with Gasteiger partial charge in [-0.2, -0.15) is 0 Å². The molecule has 7 heteroatoms. The first-order chi connectivity index (χ1) is 9.92. The summed E-state index contributed by atoms with van der Waals surface area (Å²) in [4.78, 5) is 22.9. The van der Waals surface area contributed by atoms with Crippen molar-refractivity contribution in [2.24, 2.45) is 0 Å². The smallest absolute Gasteiger partial charge is 0.335 e. The molecule has 2 rings (SSSR count). The van der Waals surface area contributed by atoms with Gasteiger partial charge in [0.15, 0.2) is 0 Å². The van der Waals surface area contributed by atoms with Crippen molar-refractivity contribution in [3.63, 3.8) is 0 Å². The average molecular weight is 355 g/mol. The molecule has 0 bridgehead atoms. The Labute approximate surface area is 128 Å². The first-order valence-electron chi connectivity index (χ1n) is 6.12. The summed E-state index contributed by atoms with van der Waals surface area (Å²) < 4.78 is 16.2. The monoisotopic (exact) mass is 354 g/mol. The van der Waals surface area contributed by atoms with Crippen molar-refractivity contribution in [1.29, 1.82) is 0 Å². The number of hydrogen-bond donors (Lipinski definition) is 2. The minimum Gasteiger partial charge on any atom is -0.478 e. The molecule has 0 saturated heterocycles. The Bertz CT molecular complexity index is 712. The van der Waals surface area contributed by atoms with E-state index in [1.54, 1.807) is 16.8 Å². The second kappa shape index (κ2) is 6.09. The minimum atomic E-state index is -1.23. The predicted octanol–water partition coefficient (Wildman–Crippen LogP) is 3.36. The molecule has 0 fully saturated rings. The van der Waals surface area contributed by atoms with Crippen LogP contribution in [0.15, 0.2) is 34.9 Å². The Hall–Kier alpha value is -2.15. The molecule has 2 aromatic rings. The van der Waals surface area contributed by atoms with Crippen molar-refractivity contribution in [2.45, 2.75) is 13.5 Å². The molecule has 0 radical (unpaired) electrons. The van der Waals surface area contributed by atoms with E-state index in [0.717, 1.165) is 10.5 Å². The van der Waals surface area contributed by atoms with Gasteiger partial charge in [-0.05, 0) is 47.1 Å². The third kappa shape index (κ3) is 3.30. The number of carboxylic acid groups (broad SMARTS) is 1. The largest absolute Gasteiger partial charge is 0.478 e. The number of amides is 1. The van der Waals surface area contributed by atoms with Gasteiger partial charge in [-0.3, -0.25) is 4.79 Å². The fraction of sp³-hybridized carbons (Fsp3) is 0.143. The van der Waals surface area contributed by atoms with E-state index in [1.165, 1.54) is 12.1 Å². The number of aryl methyl sites for hydroxylation is 1. The first kappa shape index (κ1) is 15.2. The zero-order chi connectivity index (χ0) is 15.6. The van der Waals surface area contributed by atoms with Crippen LogP contribution in [0.3, 0.4) is 0 Å². The van der Waals surface area contributed by atoms with Gasteiger partial charge in [-0.15, -0.1) is 0 Å². The van der Waals surface area contributed by atoms with Gasteiger partial charge in [0.25, 0.3) is 5.91 Å². The number of anilines is 1. The van der Waals surface area contributed by atoms with Crippen molar-refractivity contribution in [2.75, 3.05) is 5.32 Å². The van der Waals surface area contributed by atoms with Gasteiger partial charge >= 0.3 is 5.97 Å². The van der Waals surface area contributed by atoms with Gasteiger partial charge in [-0.25, -0.2) is 9.18 Å². The van der Waals surface area contributed by atoms with E-state index in [2.05, 4.69) is 21.2 Å². The molecule has 1 aromatic heterocycles. The predicted molar refractivity (Wildman–Crippen MR) is 79.1 cm³/mol. The molecular formula is C14H12BrFN2O3. The number of halogens is 2. The molecule has 0 saturated carbocycles. The van der Waals surface area contributed by atoms with E-state index in [9.17, 15) is 14.0 Å². The molecule has 1 amide bonds. The van der Waals surface area contributed by atoms with Crippen LogP contribution in [-0.2, 0) is 6.54 Å². The summed E-state index contributed by atoms with van der Waals surface area (Å²) in [6.07, 6.45) is 1.75. The van der Waals surface area contributed by atoms with E-state index in [0.29, 0.717) is 12.2 Å². The molecule has 0 spiro atoms. The summed E-state index contributed by atoms with van der Waals surface area (Å²) in [5.74, 6) is -2.49. The molecule has 5 nitrogen and oxygen atoms in total. The summed E-state index contributed by atoms with van der Waals surface area (Å²) in [6.45, 7) is 2.47. The van der Waals surface area contributed by atoms with E-state index in [4.69, 9.17) is 5.11 Å². The number of benzene rings is 1. The number of carboxylic acids is 1. The van der Waals surface area contributed by atoms with E-state index >= 15 is 0 Å². The lowest BCUT2D eigenvalue weighted by Crippen LogP contribution is -2.17. The molecule has 110 valence electrons. The van der Waals surface area contributed by atoms with Crippen molar-refractivity contribution >= 4 is 33.5 Å².